The minimum absolute atomic E-state index is 0. The third-order valence-electron chi connectivity index (χ3n) is 6.06. The summed E-state index contributed by atoms with van der Waals surface area (Å²) in [5.41, 5.74) is 1.14. The molecule has 0 spiro atoms. The van der Waals surface area contributed by atoms with Gasteiger partial charge in [0.15, 0.2) is 5.96 Å². The Hall–Kier alpha value is -1.55. The number of guanidine groups is 1. The van der Waals surface area contributed by atoms with Crippen molar-refractivity contribution < 1.29 is 9.53 Å². The lowest BCUT2D eigenvalue weighted by Gasteiger charge is -2.38. The minimum atomic E-state index is 0. The molecule has 1 aromatic rings. The molecule has 0 radical (unpaired) electrons. The second-order valence-electron chi connectivity index (χ2n) is 8.37. The lowest BCUT2D eigenvalue weighted by Crippen LogP contribution is -2.52. The highest BCUT2D eigenvalue weighted by molar-refractivity contribution is 14.0. The summed E-state index contributed by atoms with van der Waals surface area (Å²) in [5.74, 6) is 2.40. The van der Waals surface area contributed by atoms with Crippen molar-refractivity contribution in [1.82, 2.24) is 20.4 Å². The molecule has 2 aliphatic rings. The molecule has 31 heavy (non-hydrogen) atoms. The highest BCUT2D eigenvalue weighted by atomic mass is 127. The van der Waals surface area contributed by atoms with Crippen molar-refractivity contribution in [2.24, 2.45) is 10.9 Å². The Morgan fingerprint density at radius 2 is 1.90 bits per heavy atom. The van der Waals surface area contributed by atoms with E-state index in [0.717, 1.165) is 69.4 Å². The fourth-order valence-corrected chi connectivity index (χ4v) is 3.85. The Morgan fingerprint density at radius 3 is 2.52 bits per heavy atom. The number of benzene rings is 1. The zero-order valence-electron chi connectivity index (χ0n) is 19.1. The van der Waals surface area contributed by atoms with E-state index in [1.807, 2.05) is 18.2 Å². The molecule has 0 bridgehead atoms. The monoisotopic (exact) mass is 543 g/mol. The van der Waals surface area contributed by atoms with Gasteiger partial charge in [0, 0.05) is 52.2 Å². The van der Waals surface area contributed by atoms with Gasteiger partial charge in [0.1, 0.15) is 11.9 Å². The zero-order valence-corrected chi connectivity index (χ0v) is 21.4. The fraction of sp³-hybridized carbons (Fsp3) is 0.652. The second kappa shape index (κ2) is 13.1. The van der Waals surface area contributed by atoms with E-state index in [2.05, 4.69) is 45.3 Å². The van der Waals surface area contributed by atoms with Gasteiger partial charge in [-0.15, -0.1) is 24.0 Å². The smallest absolute Gasteiger partial charge is 0.225 e. The van der Waals surface area contributed by atoms with E-state index in [0.29, 0.717) is 18.4 Å². The number of amides is 1. The van der Waals surface area contributed by atoms with Gasteiger partial charge in [-0.1, -0.05) is 24.6 Å². The standard InChI is InChI=1S/C23H37N5O2.HI/c1-18-7-4-5-10-21(18)30-19(2)17-26-23(24-3)25-11-12-27-13-15-28(16-14-27)22(29)20-8-6-9-20;/h4-5,7,10,19-20H,6,8-9,11-17H2,1-3H3,(H2,24,25,26);1H. The number of nitrogens with one attached hydrogen (secondary N) is 2. The van der Waals surface area contributed by atoms with Gasteiger partial charge in [0.05, 0.1) is 6.54 Å². The molecule has 1 aliphatic carbocycles. The average molecular weight is 543 g/mol. The molecule has 1 unspecified atom stereocenters. The molecule has 8 heteroatoms. The van der Waals surface area contributed by atoms with Crippen LogP contribution in [0, 0.1) is 12.8 Å². The van der Waals surface area contributed by atoms with Crippen LogP contribution in [0.4, 0.5) is 0 Å². The van der Waals surface area contributed by atoms with Crippen molar-refractivity contribution in [2.45, 2.75) is 39.2 Å². The summed E-state index contributed by atoms with van der Waals surface area (Å²) >= 11 is 0. The third kappa shape index (κ3) is 7.82. The summed E-state index contributed by atoms with van der Waals surface area (Å²) in [4.78, 5) is 21.1. The van der Waals surface area contributed by atoms with E-state index in [1.54, 1.807) is 7.05 Å². The van der Waals surface area contributed by atoms with Gasteiger partial charge in [-0.3, -0.25) is 14.7 Å². The number of para-hydroxylation sites is 1. The van der Waals surface area contributed by atoms with E-state index >= 15 is 0 Å². The number of halogens is 1. The summed E-state index contributed by atoms with van der Waals surface area (Å²) < 4.78 is 6.01. The molecular formula is C23H38IN5O2. The highest BCUT2D eigenvalue weighted by Gasteiger charge is 2.30. The first-order chi connectivity index (χ1) is 14.6. The average Bonchev–Trinajstić information content (AvgIpc) is 2.71. The molecule has 1 saturated heterocycles. The van der Waals surface area contributed by atoms with Gasteiger partial charge in [-0.05, 0) is 38.3 Å². The Morgan fingerprint density at radius 1 is 1.19 bits per heavy atom. The SMILES string of the molecule is CN=C(NCCN1CCN(C(=O)C2CCC2)CC1)NCC(C)Oc1ccccc1C.I. The Kier molecular flexibility index (Phi) is 10.9. The van der Waals surface area contributed by atoms with Crippen LogP contribution in [0.25, 0.3) is 0 Å². The predicted molar refractivity (Wildman–Crippen MR) is 136 cm³/mol. The second-order valence-corrected chi connectivity index (χ2v) is 8.37. The number of carbonyl (C=O) groups excluding carboxylic acids is 1. The number of aliphatic imine (C=N–C) groups is 1. The van der Waals surface area contributed by atoms with Crippen molar-refractivity contribution >= 4 is 35.8 Å². The maximum Gasteiger partial charge on any atom is 0.225 e. The number of ether oxygens (including phenoxy) is 1. The quantitative estimate of drug-likeness (QED) is 0.300. The first-order valence-corrected chi connectivity index (χ1v) is 11.2. The summed E-state index contributed by atoms with van der Waals surface area (Å²) in [6.45, 7) is 10.2. The van der Waals surface area contributed by atoms with Crippen molar-refractivity contribution in [3.63, 3.8) is 0 Å². The molecule has 174 valence electrons. The number of hydrogen-bond donors (Lipinski definition) is 2. The highest BCUT2D eigenvalue weighted by Crippen LogP contribution is 2.28. The Labute approximate surface area is 204 Å². The van der Waals surface area contributed by atoms with E-state index in [-0.39, 0.29) is 30.1 Å². The first kappa shape index (κ1) is 25.7. The molecule has 2 fully saturated rings. The molecular weight excluding hydrogens is 505 g/mol. The molecule has 1 heterocycles. The molecule has 1 aliphatic heterocycles. The molecule has 2 N–H and O–H groups in total. The van der Waals surface area contributed by atoms with Crippen LogP contribution < -0.4 is 15.4 Å². The molecule has 3 rings (SSSR count). The van der Waals surface area contributed by atoms with Crippen LogP contribution in [0.3, 0.4) is 0 Å². The van der Waals surface area contributed by atoms with Gasteiger partial charge in [0.25, 0.3) is 0 Å². The van der Waals surface area contributed by atoms with Gasteiger partial charge >= 0.3 is 0 Å². The molecule has 0 aromatic heterocycles. The first-order valence-electron chi connectivity index (χ1n) is 11.2. The van der Waals surface area contributed by atoms with Crippen molar-refractivity contribution in [2.75, 3.05) is 52.9 Å². The normalized spacial score (nSPS) is 18.5. The maximum absolute atomic E-state index is 12.4. The molecule has 1 atom stereocenters. The number of carbonyl (C=O) groups is 1. The lowest BCUT2D eigenvalue weighted by atomic mass is 9.84. The van der Waals surface area contributed by atoms with Crippen LogP contribution in [0.15, 0.2) is 29.3 Å². The number of piperazine rings is 1. The number of nitrogens with zero attached hydrogens (tertiary/aromatic N) is 3. The van der Waals surface area contributed by atoms with Crippen LogP contribution in [0.2, 0.25) is 0 Å². The number of hydrogen-bond acceptors (Lipinski definition) is 4. The molecule has 1 aromatic carbocycles. The third-order valence-corrected chi connectivity index (χ3v) is 6.06. The van der Waals surface area contributed by atoms with E-state index < -0.39 is 0 Å². The van der Waals surface area contributed by atoms with E-state index in [1.165, 1.54) is 6.42 Å². The Bertz CT molecular complexity index is 718. The van der Waals surface area contributed by atoms with Crippen LogP contribution in [0.1, 0.15) is 31.7 Å². The fourth-order valence-electron chi connectivity index (χ4n) is 3.85. The predicted octanol–water partition coefficient (Wildman–Crippen LogP) is 2.49. The summed E-state index contributed by atoms with van der Waals surface area (Å²) in [6, 6.07) is 8.06. The molecule has 1 saturated carbocycles. The summed E-state index contributed by atoms with van der Waals surface area (Å²) in [5, 5.41) is 6.72. The van der Waals surface area contributed by atoms with Crippen LogP contribution in [0.5, 0.6) is 5.75 Å². The van der Waals surface area contributed by atoms with Crippen molar-refractivity contribution in [1.29, 1.82) is 0 Å². The van der Waals surface area contributed by atoms with Gasteiger partial charge in [0.2, 0.25) is 5.91 Å². The molecule has 7 nitrogen and oxygen atoms in total. The lowest BCUT2D eigenvalue weighted by molar-refractivity contribution is -0.139. The van der Waals surface area contributed by atoms with Gasteiger partial charge in [-0.25, -0.2) is 0 Å². The summed E-state index contributed by atoms with van der Waals surface area (Å²) in [7, 11) is 1.78. The topological polar surface area (TPSA) is 69.2 Å². The van der Waals surface area contributed by atoms with Crippen molar-refractivity contribution in [3.8, 4) is 5.75 Å². The number of aryl methyl sites for hydroxylation is 1. The molecule has 1 amide bonds. The van der Waals surface area contributed by atoms with Crippen LogP contribution >= 0.6 is 24.0 Å². The van der Waals surface area contributed by atoms with E-state index in [4.69, 9.17) is 4.74 Å². The van der Waals surface area contributed by atoms with Crippen LogP contribution in [-0.4, -0.2) is 80.6 Å². The Balaban J connectivity index is 0.00000341. The largest absolute Gasteiger partial charge is 0.489 e. The maximum atomic E-state index is 12.4. The van der Waals surface area contributed by atoms with Crippen LogP contribution in [-0.2, 0) is 4.79 Å². The van der Waals surface area contributed by atoms with Crippen molar-refractivity contribution in [3.05, 3.63) is 29.8 Å². The minimum Gasteiger partial charge on any atom is -0.489 e. The van der Waals surface area contributed by atoms with Gasteiger partial charge < -0.3 is 20.3 Å². The number of rotatable bonds is 8. The van der Waals surface area contributed by atoms with E-state index in [9.17, 15) is 4.79 Å². The zero-order chi connectivity index (χ0) is 21.3. The summed E-state index contributed by atoms with van der Waals surface area (Å²) in [6.07, 6.45) is 3.42. The van der Waals surface area contributed by atoms with Gasteiger partial charge in [-0.2, -0.15) is 0 Å².